The van der Waals surface area contributed by atoms with Crippen molar-refractivity contribution in [3.05, 3.63) is 21.6 Å². The van der Waals surface area contributed by atoms with Crippen molar-refractivity contribution in [2.75, 3.05) is 26.7 Å². The topological polar surface area (TPSA) is 67.4 Å². The van der Waals surface area contributed by atoms with Crippen LogP contribution in [0.5, 0.6) is 5.75 Å². The van der Waals surface area contributed by atoms with Gasteiger partial charge < -0.3 is 10.1 Å². The van der Waals surface area contributed by atoms with Crippen LogP contribution in [-0.4, -0.2) is 35.2 Å². The highest BCUT2D eigenvalue weighted by molar-refractivity contribution is 9.10. The summed E-state index contributed by atoms with van der Waals surface area (Å²) in [5, 5.41) is 3.45. The van der Waals surface area contributed by atoms with E-state index in [4.69, 9.17) is 16.3 Å². The van der Waals surface area contributed by atoms with Crippen molar-refractivity contribution in [3.63, 3.8) is 0 Å². The summed E-state index contributed by atoms with van der Waals surface area (Å²) in [6.45, 7) is 3.97. The molecule has 0 fully saturated rings. The monoisotopic (exact) mass is 384 g/mol. The number of ether oxygens (including phenoxy) is 1. The van der Waals surface area contributed by atoms with Gasteiger partial charge >= 0.3 is 0 Å². The van der Waals surface area contributed by atoms with Crippen LogP contribution in [0.2, 0.25) is 5.02 Å². The number of rotatable bonds is 8. The van der Waals surface area contributed by atoms with E-state index in [0.717, 1.165) is 13.1 Å². The fourth-order valence-corrected chi connectivity index (χ4v) is 4.06. The van der Waals surface area contributed by atoms with E-state index in [9.17, 15) is 8.42 Å². The van der Waals surface area contributed by atoms with Crippen molar-refractivity contribution in [1.82, 2.24) is 10.0 Å². The first-order valence-corrected chi connectivity index (χ1v) is 8.81. The second-order valence-corrected chi connectivity index (χ2v) is 7.05. The molecular weight excluding hydrogens is 368 g/mol. The Hall–Kier alpha value is -0.340. The molecule has 0 unspecified atom stereocenters. The largest absolute Gasteiger partial charge is 0.494 e. The average Bonchev–Trinajstić information content (AvgIpc) is 2.37. The van der Waals surface area contributed by atoms with E-state index in [2.05, 4.69) is 26.0 Å². The minimum atomic E-state index is -3.65. The zero-order valence-corrected chi connectivity index (χ0v) is 14.5. The van der Waals surface area contributed by atoms with Crippen LogP contribution in [-0.2, 0) is 10.0 Å². The van der Waals surface area contributed by atoms with Gasteiger partial charge in [0.2, 0.25) is 10.0 Å². The molecule has 0 bridgehead atoms. The van der Waals surface area contributed by atoms with Gasteiger partial charge in [-0.05, 0) is 47.6 Å². The Bertz CT molecular complexity index is 552. The van der Waals surface area contributed by atoms with E-state index >= 15 is 0 Å². The molecule has 0 aliphatic carbocycles. The highest BCUT2D eigenvalue weighted by atomic mass is 79.9. The molecule has 0 radical (unpaired) electrons. The SMILES string of the molecule is CCNCCCNS(=O)(=O)c1cc(Cl)cc(Br)c1OC. The third kappa shape index (κ3) is 4.89. The molecule has 0 aliphatic rings. The number of halogens is 2. The zero-order valence-electron chi connectivity index (χ0n) is 11.4. The minimum absolute atomic E-state index is 0.0304. The first-order chi connectivity index (χ1) is 9.42. The smallest absolute Gasteiger partial charge is 0.244 e. The molecule has 0 saturated carbocycles. The molecule has 0 amide bonds. The number of sulfonamides is 1. The Balaban J connectivity index is 2.87. The first kappa shape index (κ1) is 17.7. The molecule has 20 heavy (non-hydrogen) atoms. The molecule has 0 heterocycles. The van der Waals surface area contributed by atoms with Crippen LogP contribution >= 0.6 is 27.5 Å². The zero-order chi connectivity index (χ0) is 15.2. The maximum absolute atomic E-state index is 12.3. The van der Waals surface area contributed by atoms with Crippen molar-refractivity contribution in [2.45, 2.75) is 18.2 Å². The molecule has 0 aromatic heterocycles. The third-order valence-corrected chi connectivity index (χ3v) is 4.81. The van der Waals surface area contributed by atoms with Gasteiger partial charge in [0, 0.05) is 11.6 Å². The van der Waals surface area contributed by atoms with Gasteiger partial charge in [0.25, 0.3) is 0 Å². The Morgan fingerprint density at radius 3 is 2.65 bits per heavy atom. The lowest BCUT2D eigenvalue weighted by atomic mass is 10.3. The maximum atomic E-state index is 12.3. The Morgan fingerprint density at radius 1 is 1.35 bits per heavy atom. The number of hydrogen-bond acceptors (Lipinski definition) is 4. The standard InChI is InChI=1S/C12H18BrClN2O3S/c1-3-15-5-4-6-16-20(17,18)11-8-9(14)7-10(13)12(11)19-2/h7-8,15-16H,3-6H2,1-2H3. The summed E-state index contributed by atoms with van der Waals surface area (Å²) in [6.07, 6.45) is 0.705. The summed E-state index contributed by atoms with van der Waals surface area (Å²) in [4.78, 5) is 0.0304. The van der Waals surface area contributed by atoms with Crippen LogP contribution in [0.4, 0.5) is 0 Å². The van der Waals surface area contributed by atoms with Crippen LogP contribution in [0.3, 0.4) is 0 Å². The van der Waals surface area contributed by atoms with E-state index in [0.29, 0.717) is 22.5 Å². The van der Waals surface area contributed by atoms with Crippen molar-refractivity contribution in [1.29, 1.82) is 0 Å². The van der Waals surface area contributed by atoms with Crippen LogP contribution in [0.1, 0.15) is 13.3 Å². The van der Waals surface area contributed by atoms with Crippen molar-refractivity contribution in [2.24, 2.45) is 0 Å². The molecule has 0 saturated heterocycles. The van der Waals surface area contributed by atoms with E-state index in [1.54, 1.807) is 6.07 Å². The van der Waals surface area contributed by atoms with Gasteiger partial charge in [-0.2, -0.15) is 0 Å². The second kappa shape index (κ2) is 8.19. The van der Waals surface area contributed by atoms with Crippen molar-refractivity contribution < 1.29 is 13.2 Å². The van der Waals surface area contributed by atoms with Gasteiger partial charge in [0.05, 0.1) is 11.6 Å². The van der Waals surface area contributed by atoms with Crippen LogP contribution < -0.4 is 14.8 Å². The summed E-state index contributed by atoms with van der Waals surface area (Å²) < 4.78 is 32.7. The van der Waals surface area contributed by atoms with E-state index in [-0.39, 0.29) is 10.6 Å². The fourth-order valence-electron chi connectivity index (χ4n) is 1.61. The van der Waals surface area contributed by atoms with Gasteiger partial charge in [-0.3, -0.25) is 0 Å². The number of hydrogen-bond donors (Lipinski definition) is 2. The Kier molecular flexibility index (Phi) is 7.25. The lowest BCUT2D eigenvalue weighted by Crippen LogP contribution is -2.27. The molecule has 0 atom stereocenters. The second-order valence-electron chi connectivity index (χ2n) is 4.02. The van der Waals surface area contributed by atoms with Crippen LogP contribution in [0, 0.1) is 0 Å². The van der Waals surface area contributed by atoms with Crippen LogP contribution in [0.15, 0.2) is 21.5 Å². The molecule has 8 heteroatoms. The van der Waals surface area contributed by atoms with Crippen molar-refractivity contribution in [3.8, 4) is 5.75 Å². The number of benzene rings is 1. The molecule has 0 aliphatic heterocycles. The summed E-state index contributed by atoms with van der Waals surface area (Å²) in [6, 6.07) is 2.96. The van der Waals surface area contributed by atoms with Gasteiger partial charge in [-0.15, -0.1) is 0 Å². The lowest BCUT2D eigenvalue weighted by Gasteiger charge is -2.12. The first-order valence-electron chi connectivity index (χ1n) is 6.15. The molecule has 5 nitrogen and oxygen atoms in total. The van der Waals surface area contributed by atoms with E-state index < -0.39 is 10.0 Å². The molecule has 1 rings (SSSR count). The molecule has 1 aromatic rings. The summed E-state index contributed by atoms with van der Waals surface area (Å²) in [5.74, 6) is 0.244. The Morgan fingerprint density at radius 2 is 2.05 bits per heavy atom. The molecule has 1 aromatic carbocycles. The van der Waals surface area contributed by atoms with E-state index in [1.165, 1.54) is 13.2 Å². The third-order valence-electron chi connectivity index (χ3n) is 2.54. The molecule has 114 valence electrons. The highest BCUT2D eigenvalue weighted by Crippen LogP contribution is 2.35. The van der Waals surface area contributed by atoms with Gasteiger partial charge in [0.15, 0.2) is 5.75 Å². The molecule has 0 spiro atoms. The lowest BCUT2D eigenvalue weighted by molar-refractivity contribution is 0.399. The molecule has 2 N–H and O–H groups in total. The number of methoxy groups -OCH3 is 1. The Labute approximate surface area is 133 Å². The quantitative estimate of drug-likeness (QED) is 0.674. The minimum Gasteiger partial charge on any atom is -0.494 e. The van der Waals surface area contributed by atoms with Crippen LogP contribution in [0.25, 0.3) is 0 Å². The van der Waals surface area contributed by atoms with Gasteiger partial charge in [-0.25, -0.2) is 13.1 Å². The predicted molar refractivity (Wildman–Crippen MR) is 84.1 cm³/mol. The normalized spacial score (nSPS) is 11.6. The van der Waals surface area contributed by atoms with E-state index in [1.807, 2.05) is 6.92 Å². The molecular formula is C12H18BrClN2O3S. The maximum Gasteiger partial charge on any atom is 0.244 e. The predicted octanol–water partition coefficient (Wildman–Crippen LogP) is 2.39. The van der Waals surface area contributed by atoms with Crippen molar-refractivity contribution >= 4 is 37.6 Å². The average molecular weight is 386 g/mol. The summed E-state index contributed by atoms with van der Waals surface area (Å²) in [7, 11) is -2.24. The van der Waals surface area contributed by atoms with Gasteiger partial charge in [0.1, 0.15) is 4.90 Å². The summed E-state index contributed by atoms with van der Waals surface area (Å²) in [5.41, 5.74) is 0. The number of nitrogens with one attached hydrogen (secondary N) is 2. The fraction of sp³-hybridized carbons (Fsp3) is 0.500. The van der Waals surface area contributed by atoms with Gasteiger partial charge in [-0.1, -0.05) is 18.5 Å². The highest BCUT2D eigenvalue weighted by Gasteiger charge is 2.21. The summed E-state index contributed by atoms with van der Waals surface area (Å²) >= 11 is 9.14.